The summed E-state index contributed by atoms with van der Waals surface area (Å²) < 4.78 is 19.4. The lowest BCUT2D eigenvalue weighted by molar-refractivity contribution is -0.0580. The summed E-state index contributed by atoms with van der Waals surface area (Å²) in [5.41, 5.74) is 0.663. The molecule has 1 aliphatic rings. The molecule has 1 saturated heterocycles. The second kappa shape index (κ2) is 5.47. The van der Waals surface area contributed by atoms with Crippen LogP contribution in [0.2, 0.25) is 0 Å². The average molecular weight is 248 g/mol. The highest BCUT2D eigenvalue weighted by molar-refractivity contribution is 5.33. The minimum atomic E-state index is -0.318. The largest absolute Gasteiger partial charge is 0.369 e. The van der Waals surface area contributed by atoms with Gasteiger partial charge in [0.15, 0.2) is 0 Å². The maximum Gasteiger partial charge on any atom is 0.128 e. The van der Waals surface area contributed by atoms with Crippen LogP contribution >= 0.6 is 0 Å². The molecule has 2 rings (SSSR count). The van der Waals surface area contributed by atoms with Crippen LogP contribution in [0.5, 0.6) is 0 Å². The molecule has 96 valence electrons. The number of piperidine rings is 1. The molecule has 0 aromatic heterocycles. The Balaban J connectivity index is 2.03. The van der Waals surface area contributed by atoms with Crippen molar-refractivity contribution in [2.75, 3.05) is 13.1 Å². The third-order valence-corrected chi connectivity index (χ3v) is 3.31. The molecule has 1 atom stereocenters. The molecule has 0 aliphatic carbocycles. The molecule has 1 fully saturated rings. The van der Waals surface area contributed by atoms with Gasteiger partial charge in [0.05, 0.1) is 23.8 Å². The molecule has 0 radical (unpaired) electrons. The summed E-state index contributed by atoms with van der Waals surface area (Å²) in [6.45, 7) is 4.04. The lowest BCUT2D eigenvalue weighted by Gasteiger charge is -2.34. The summed E-state index contributed by atoms with van der Waals surface area (Å²) in [5, 5.41) is 12.1. The quantitative estimate of drug-likeness (QED) is 0.893. The van der Waals surface area contributed by atoms with E-state index in [0.717, 1.165) is 25.9 Å². The van der Waals surface area contributed by atoms with Gasteiger partial charge in [-0.05, 0) is 44.5 Å². The first-order chi connectivity index (χ1) is 8.63. The van der Waals surface area contributed by atoms with Gasteiger partial charge in [-0.1, -0.05) is 0 Å². The van der Waals surface area contributed by atoms with E-state index in [-0.39, 0.29) is 18.0 Å². The van der Waals surface area contributed by atoms with Gasteiger partial charge in [0.1, 0.15) is 5.82 Å². The van der Waals surface area contributed by atoms with Crippen molar-refractivity contribution in [3.05, 3.63) is 35.1 Å². The Kier molecular flexibility index (Phi) is 3.95. The van der Waals surface area contributed by atoms with Gasteiger partial charge in [-0.15, -0.1) is 0 Å². The van der Waals surface area contributed by atoms with Gasteiger partial charge in [0.25, 0.3) is 0 Å². The smallest absolute Gasteiger partial charge is 0.128 e. The van der Waals surface area contributed by atoms with E-state index in [1.165, 1.54) is 12.1 Å². The molecule has 1 aliphatic heterocycles. The highest BCUT2D eigenvalue weighted by Crippen LogP contribution is 2.22. The molecule has 1 N–H and O–H groups in total. The van der Waals surface area contributed by atoms with Crippen LogP contribution in [0, 0.1) is 17.1 Å². The van der Waals surface area contributed by atoms with Crippen LogP contribution in [0.4, 0.5) is 4.39 Å². The fraction of sp³-hybridized carbons (Fsp3) is 0.500. The van der Waals surface area contributed by atoms with Gasteiger partial charge >= 0.3 is 0 Å². The molecule has 4 heteroatoms. The molecule has 0 saturated carbocycles. The van der Waals surface area contributed by atoms with Crippen molar-refractivity contribution in [1.29, 1.82) is 5.26 Å². The van der Waals surface area contributed by atoms with Gasteiger partial charge in [-0.2, -0.15) is 5.26 Å². The zero-order chi connectivity index (χ0) is 13.0. The third-order valence-electron chi connectivity index (χ3n) is 3.31. The van der Waals surface area contributed by atoms with Crippen molar-refractivity contribution >= 4 is 0 Å². The Hall–Kier alpha value is -1.44. The van der Waals surface area contributed by atoms with E-state index in [4.69, 9.17) is 10.00 Å². The van der Waals surface area contributed by atoms with Gasteiger partial charge in [0, 0.05) is 12.1 Å². The predicted octanol–water partition coefficient (Wildman–Crippen LogP) is 2.36. The number of halogens is 1. The van der Waals surface area contributed by atoms with E-state index in [2.05, 4.69) is 5.32 Å². The number of nitrogens with zero attached hydrogens (tertiary/aromatic N) is 1. The highest BCUT2D eigenvalue weighted by Gasteiger charge is 2.27. The highest BCUT2D eigenvalue weighted by atomic mass is 19.1. The van der Waals surface area contributed by atoms with E-state index in [9.17, 15) is 4.39 Å². The van der Waals surface area contributed by atoms with Crippen LogP contribution in [0.15, 0.2) is 18.2 Å². The maximum atomic E-state index is 13.6. The number of nitrogens with one attached hydrogen (secondary N) is 1. The van der Waals surface area contributed by atoms with Gasteiger partial charge in [-0.3, -0.25) is 0 Å². The van der Waals surface area contributed by atoms with Crippen molar-refractivity contribution in [2.24, 2.45) is 0 Å². The van der Waals surface area contributed by atoms with Crippen molar-refractivity contribution in [3.63, 3.8) is 0 Å². The molecular formula is C14H17FN2O. The second-order valence-corrected chi connectivity index (χ2v) is 4.94. The van der Waals surface area contributed by atoms with E-state index < -0.39 is 0 Å². The average Bonchev–Trinajstić information content (AvgIpc) is 2.39. The van der Waals surface area contributed by atoms with Crippen molar-refractivity contribution < 1.29 is 9.13 Å². The first-order valence-corrected chi connectivity index (χ1v) is 6.16. The summed E-state index contributed by atoms with van der Waals surface area (Å²) in [4.78, 5) is 0. The molecule has 1 aromatic rings. The molecule has 18 heavy (non-hydrogen) atoms. The van der Waals surface area contributed by atoms with E-state index in [1.807, 2.05) is 13.0 Å². The third kappa shape index (κ3) is 3.06. The summed E-state index contributed by atoms with van der Waals surface area (Å²) in [6.07, 6.45) is 2.04. The van der Waals surface area contributed by atoms with Crippen LogP contribution in [0.25, 0.3) is 0 Å². The van der Waals surface area contributed by atoms with E-state index >= 15 is 0 Å². The van der Waals surface area contributed by atoms with Crippen LogP contribution in [0.3, 0.4) is 0 Å². The Morgan fingerprint density at radius 3 is 3.06 bits per heavy atom. The zero-order valence-corrected chi connectivity index (χ0v) is 10.5. The van der Waals surface area contributed by atoms with Gasteiger partial charge in [0.2, 0.25) is 0 Å². The summed E-state index contributed by atoms with van der Waals surface area (Å²) in [7, 11) is 0. The first-order valence-electron chi connectivity index (χ1n) is 6.16. The normalized spacial score (nSPS) is 23.6. The van der Waals surface area contributed by atoms with E-state index in [0.29, 0.717) is 11.1 Å². The minimum absolute atomic E-state index is 0.208. The number of hydrogen-bond donors (Lipinski definition) is 1. The molecule has 3 nitrogen and oxygen atoms in total. The van der Waals surface area contributed by atoms with Crippen LogP contribution in [-0.4, -0.2) is 18.7 Å². The Labute approximate surface area is 107 Å². The lowest BCUT2D eigenvalue weighted by atomic mass is 9.96. The number of hydrogen-bond acceptors (Lipinski definition) is 3. The number of nitriles is 1. The molecule has 1 heterocycles. The van der Waals surface area contributed by atoms with Crippen molar-refractivity contribution in [3.8, 4) is 6.07 Å². The van der Waals surface area contributed by atoms with Crippen LogP contribution < -0.4 is 5.32 Å². The first kappa shape index (κ1) is 13.0. The van der Waals surface area contributed by atoms with Crippen LogP contribution in [-0.2, 0) is 11.3 Å². The Bertz CT molecular complexity index is 461. The second-order valence-electron chi connectivity index (χ2n) is 4.94. The number of ether oxygens (including phenoxy) is 1. The summed E-state index contributed by atoms with van der Waals surface area (Å²) in [6, 6.07) is 6.35. The molecule has 1 unspecified atom stereocenters. The Morgan fingerprint density at radius 1 is 1.56 bits per heavy atom. The summed E-state index contributed by atoms with van der Waals surface area (Å²) >= 11 is 0. The fourth-order valence-electron chi connectivity index (χ4n) is 2.16. The van der Waals surface area contributed by atoms with Gasteiger partial charge < -0.3 is 10.1 Å². The fourth-order valence-corrected chi connectivity index (χ4v) is 2.16. The number of benzene rings is 1. The standard InChI is InChI=1S/C14H17FN2O/c1-14(5-2-6-17-10-14)18-9-12-7-11(8-16)3-4-13(12)15/h3-4,7,17H,2,5-6,9-10H2,1H3. The molecule has 1 aromatic carbocycles. The molecule has 0 bridgehead atoms. The minimum Gasteiger partial charge on any atom is -0.369 e. The molecular weight excluding hydrogens is 231 g/mol. The topological polar surface area (TPSA) is 45.0 Å². The van der Waals surface area contributed by atoms with Gasteiger partial charge in [-0.25, -0.2) is 4.39 Å². The SMILES string of the molecule is CC1(OCc2cc(C#N)ccc2F)CCCNC1. The van der Waals surface area contributed by atoms with E-state index in [1.54, 1.807) is 6.07 Å². The summed E-state index contributed by atoms with van der Waals surface area (Å²) in [5.74, 6) is -0.318. The Morgan fingerprint density at radius 2 is 2.39 bits per heavy atom. The van der Waals surface area contributed by atoms with Crippen LogP contribution in [0.1, 0.15) is 30.9 Å². The maximum absolute atomic E-state index is 13.6. The molecule has 0 spiro atoms. The monoisotopic (exact) mass is 248 g/mol. The van der Waals surface area contributed by atoms with Crippen molar-refractivity contribution in [2.45, 2.75) is 32.0 Å². The van der Waals surface area contributed by atoms with Crippen molar-refractivity contribution in [1.82, 2.24) is 5.32 Å². The zero-order valence-electron chi connectivity index (χ0n) is 10.5. The number of rotatable bonds is 3. The molecule has 0 amide bonds. The lowest BCUT2D eigenvalue weighted by Crippen LogP contribution is -2.45. The predicted molar refractivity (Wildman–Crippen MR) is 66.4 cm³/mol.